The number of aromatic nitrogens is 2. The summed E-state index contributed by atoms with van der Waals surface area (Å²) in [4.78, 5) is 8.48. The summed E-state index contributed by atoms with van der Waals surface area (Å²) in [5.41, 5.74) is 4.44. The molecule has 2 aromatic heterocycles. The number of hydrazine groups is 1. The molecule has 7 heteroatoms. The Morgan fingerprint density at radius 1 is 1.26 bits per heavy atom. The van der Waals surface area contributed by atoms with Crippen LogP contribution in [0, 0.1) is 6.92 Å². The second kappa shape index (κ2) is 6.06. The molecule has 0 bridgehead atoms. The van der Waals surface area contributed by atoms with Crippen LogP contribution in [0.5, 0.6) is 0 Å². The van der Waals surface area contributed by atoms with Crippen molar-refractivity contribution in [3.05, 3.63) is 45.7 Å². The van der Waals surface area contributed by atoms with Gasteiger partial charge in [0.2, 0.25) is 0 Å². The molecule has 0 amide bonds. The van der Waals surface area contributed by atoms with Crippen LogP contribution in [0.1, 0.15) is 11.3 Å². The van der Waals surface area contributed by atoms with Gasteiger partial charge in [0.05, 0.1) is 22.3 Å². The lowest BCUT2D eigenvalue weighted by atomic mass is 10.2. The van der Waals surface area contributed by atoms with Crippen molar-refractivity contribution in [3.63, 3.8) is 0 Å². The van der Waals surface area contributed by atoms with Crippen molar-refractivity contribution in [1.29, 1.82) is 0 Å². The predicted molar refractivity (Wildman–Crippen MR) is 78.4 cm³/mol. The minimum absolute atomic E-state index is 0.367. The van der Waals surface area contributed by atoms with Gasteiger partial charge in [0.15, 0.2) is 5.82 Å². The Bertz CT molecular complexity index is 588. The molecule has 19 heavy (non-hydrogen) atoms. The highest BCUT2D eigenvalue weighted by atomic mass is 35.5. The normalized spacial score (nSPS) is 10.3. The fraction of sp³-hybridized carbons (Fsp3) is 0.167. The van der Waals surface area contributed by atoms with E-state index in [4.69, 9.17) is 29.0 Å². The molecule has 2 aromatic rings. The van der Waals surface area contributed by atoms with Gasteiger partial charge >= 0.3 is 0 Å². The molecule has 5 nitrogen and oxygen atoms in total. The molecule has 0 radical (unpaired) electrons. The molecule has 2 rings (SSSR count). The monoisotopic (exact) mass is 297 g/mol. The Hall–Kier alpha value is -1.56. The molecule has 0 atom stereocenters. The van der Waals surface area contributed by atoms with E-state index in [1.54, 1.807) is 12.3 Å². The first kappa shape index (κ1) is 13.9. The van der Waals surface area contributed by atoms with Crippen molar-refractivity contribution in [2.75, 3.05) is 10.7 Å². The maximum atomic E-state index is 6.07. The molecule has 0 saturated heterocycles. The van der Waals surface area contributed by atoms with Crippen molar-refractivity contribution in [3.8, 4) is 0 Å². The molecule has 0 spiro atoms. The smallest absolute Gasteiger partial charge is 0.161 e. The van der Waals surface area contributed by atoms with E-state index in [2.05, 4.69) is 20.7 Å². The average Bonchev–Trinajstić information content (AvgIpc) is 2.39. The van der Waals surface area contributed by atoms with Crippen LogP contribution in [0.25, 0.3) is 0 Å². The number of anilines is 2. The van der Waals surface area contributed by atoms with Crippen LogP contribution in [0.4, 0.5) is 11.6 Å². The van der Waals surface area contributed by atoms with E-state index in [0.29, 0.717) is 28.2 Å². The SMILES string of the molecule is Cc1cccnc1CNc1nc(NN)c(Cl)cc1Cl. The lowest BCUT2D eigenvalue weighted by molar-refractivity contribution is 1.00. The number of nitrogens with two attached hydrogens (primary N) is 1. The molecule has 0 fully saturated rings. The predicted octanol–water partition coefficient (Wildman–Crippen LogP) is 2.99. The summed E-state index contributed by atoms with van der Waals surface area (Å²) in [6.45, 7) is 2.51. The zero-order chi connectivity index (χ0) is 13.8. The standard InChI is InChI=1S/C12H13Cl2N5/c1-7-3-2-4-16-10(7)6-17-11-8(13)5-9(14)12(18-11)19-15/h2-5H,6,15H2,1H3,(H2,17,18,19). The van der Waals surface area contributed by atoms with Gasteiger partial charge in [-0.25, -0.2) is 10.8 Å². The summed E-state index contributed by atoms with van der Waals surface area (Å²) in [5, 5.41) is 3.91. The molecule has 0 unspecified atom stereocenters. The molecule has 100 valence electrons. The Labute approximate surface area is 121 Å². The summed E-state index contributed by atoms with van der Waals surface area (Å²) >= 11 is 12.0. The molecule has 0 aliphatic carbocycles. The Morgan fingerprint density at radius 3 is 2.68 bits per heavy atom. The van der Waals surface area contributed by atoms with E-state index in [1.807, 2.05) is 19.1 Å². The summed E-state index contributed by atoms with van der Waals surface area (Å²) in [7, 11) is 0. The van der Waals surface area contributed by atoms with Crippen molar-refractivity contribution in [2.24, 2.45) is 5.84 Å². The number of halogens is 2. The maximum absolute atomic E-state index is 6.07. The van der Waals surface area contributed by atoms with Gasteiger partial charge in [-0.3, -0.25) is 4.98 Å². The minimum Gasteiger partial charge on any atom is -0.363 e. The van der Waals surface area contributed by atoms with Crippen LogP contribution in [0.15, 0.2) is 24.4 Å². The Kier molecular flexibility index (Phi) is 4.42. The molecular weight excluding hydrogens is 285 g/mol. The number of rotatable bonds is 4. The van der Waals surface area contributed by atoms with Crippen LogP contribution in [0.2, 0.25) is 10.0 Å². The van der Waals surface area contributed by atoms with Crippen LogP contribution in [-0.4, -0.2) is 9.97 Å². The number of nitrogens with one attached hydrogen (secondary N) is 2. The van der Waals surface area contributed by atoms with Crippen LogP contribution in [0.3, 0.4) is 0 Å². The molecule has 0 aliphatic heterocycles. The fourth-order valence-electron chi connectivity index (χ4n) is 1.56. The second-order valence-electron chi connectivity index (χ2n) is 3.91. The van der Waals surface area contributed by atoms with Gasteiger partial charge in [-0.15, -0.1) is 0 Å². The number of hydrogen-bond donors (Lipinski definition) is 3. The van der Waals surface area contributed by atoms with Crippen LogP contribution < -0.4 is 16.6 Å². The fourth-order valence-corrected chi connectivity index (χ4v) is 2.04. The highest BCUT2D eigenvalue weighted by molar-refractivity contribution is 6.37. The van der Waals surface area contributed by atoms with Gasteiger partial charge in [0.25, 0.3) is 0 Å². The van der Waals surface area contributed by atoms with E-state index < -0.39 is 0 Å². The topological polar surface area (TPSA) is 75.9 Å². The van der Waals surface area contributed by atoms with Gasteiger partial charge in [-0.1, -0.05) is 29.3 Å². The number of hydrogen-bond acceptors (Lipinski definition) is 5. The number of aryl methyl sites for hydroxylation is 1. The van der Waals surface area contributed by atoms with Gasteiger partial charge in [-0.05, 0) is 24.6 Å². The average molecular weight is 298 g/mol. The highest BCUT2D eigenvalue weighted by Crippen LogP contribution is 2.28. The summed E-state index contributed by atoms with van der Waals surface area (Å²) in [6.07, 6.45) is 1.74. The number of pyridine rings is 2. The van der Waals surface area contributed by atoms with Gasteiger partial charge in [-0.2, -0.15) is 0 Å². The van der Waals surface area contributed by atoms with Crippen molar-refractivity contribution >= 4 is 34.8 Å². The van der Waals surface area contributed by atoms with Crippen molar-refractivity contribution in [1.82, 2.24) is 9.97 Å². The molecule has 0 aliphatic rings. The highest BCUT2D eigenvalue weighted by Gasteiger charge is 2.09. The second-order valence-corrected chi connectivity index (χ2v) is 4.73. The lowest BCUT2D eigenvalue weighted by Crippen LogP contribution is -2.11. The maximum Gasteiger partial charge on any atom is 0.161 e. The molecular formula is C12H13Cl2N5. The molecule has 0 aromatic carbocycles. The van der Waals surface area contributed by atoms with E-state index in [9.17, 15) is 0 Å². The number of nitrogen functional groups attached to an aromatic ring is 1. The summed E-state index contributed by atoms with van der Waals surface area (Å²) in [5.74, 6) is 6.19. The van der Waals surface area contributed by atoms with E-state index in [1.165, 1.54) is 0 Å². The van der Waals surface area contributed by atoms with Gasteiger partial charge in [0.1, 0.15) is 5.82 Å². The van der Waals surface area contributed by atoms with E-state index >= 15 is 0 Å². The van der Waals surface area contributed by atoms with Gasteiger partial charge < -0.3 is 10.7 Å². The first-order valence-corrected chi connectivity index (χ1v) is 6.34. The third-order valence-corrected chi connectivity index (χ3v) is 3.18. The minimum atomic E-state index is 0.367. The molecule has 4 N–H and O–H groups in total. The molecule has 2 heterocycles. The van der Waals surface area contributed by atoms with E-state index in [-0.39, 0.29) is 0 Å². The first-order chi connectivity index (χ1) is 9.11. The van der Waals surface area contributed by atoms with Gasteiger partial charge in [0, 0.05) is 6.20 Å². The Morgan fingerprint density at radius 2 is 2.00 bits per heavy atom. The van der Waals surface area contributed by atoms with E-state index in [0.717, 1.165) is 11.3 Å². The van der Waals surface area contributed by atoms with Crippen molar-refractivity contribution in [2.45, 2.75) is 13.5 Å². The van der Waals surface area contributed by atoms with Crippen LogP contribution >= 0.6 is 23.2 Å². The first-order valence-electron chi connectivity index (χ1n) is 5.59. The zero-order valence-electron chi connectivity index (χ0n) is 10.2. The van der Waals surface area contributed by atoms with Crippen molar-refractivity contribution < 1.29 is 0 Å². The third-order valence-electron chi connectivity index (χ3n) is 2.61. The quantitative estimate of drug-likeness (QED) is 0.597. The van der Waals surface area contributed by atoms with Crippen LogP contribution in [-0.2, 0) is 6.54 Å². The largest absolute Gasteiger partial charge is 0.363 e. The lowest BCUT2D eigenvalue weighted by Gasteiger charge is -2.11. The molecule has 0 saturated carbocycles. The third kappa shape index (κ3) is 3.26. The zero-order valence-corrected chi connectivity index (χ0v) is 11.8. The summed E-state index contributed by atoms with van der Waals surface area (Å²) in [6, 6.07) is 5.47. The Balaban J connectivity index is 2.18. The summed E-state index contributed by atoms with van der Waals surface area (Å²) < 4.78 is 0. The number of nitrogens with zero attached hydrogens (tertiary/aromatic N) is 2.